The molecule has 0 aliphatic carbocycles. The van der Waals surface area contributed by atoms with E-state index in [0.29, 0.717) is 0 Å². The third kappa shape index (κ3) is 3.90. The summed E-state index contributed by atoms with van der Waals surface area (Å²) >= 11 is 0. The molecule has 0 heterocycles. The molecule has 2 unspecified atom stereocenters. The van der Waals surface area contributed by atoms with Gasteiger partial charge in [-0.05, 0) is 6.92 Å². The van der Waals surface area contributed by atoms with Gasteiger partial charge in [0.25, 0.3) is 0 Å². The highest BCUT2D eigenvalue weighted by molar-refractivity contribution is 7.81. The second kappa shape index (κ2) is 4.65. The Morgan fingerprint density at radius 2 is 2.08 bits per heavy atom. The smallest absolute Gasteiger partial charge is 0.322 e. The van der Waals surface area contributed by atoms with Gasteiger partial charge in [0.2, 0.25) is 15.0 Å². The summed E-state index contributed by atoms with van der Waals surface area (Å²) in [5.74, 6) is -0.464. The van der Waals surface area contributed by atoms with Crippen LogP contribution in [0.2, 0.25) is 0 Å². The van der Waals surface area contributed by atoms with Crippen molar-refractivity contribution in [3.8, 4) is 0 Å². The van der Waals surface area contributed by atoms with Crippen molar-refractivity contribution in [3.05, 3.63) is 0 Å². The first-order valence-corrected chi connectivity index (χ1v) is 5.49. The lowest BCUT2D eigenvalue weighted by molar-refractivity contribution is -0.142. The van der Waals surface area contributed by atoms with Crippen molar-refractivity contribution in [1.82, 2.24) is 5.09 Å². The number of nitrogens with one attached hydrogen (secondary N) is 1. The minimum Gasteiger partial charge on any atom is -0.468 e. The predicted octanol–water partition coefficient (Wildman–Crippen LogP) is -0.475. The molecule has 0 fully saturated rings. The molecule has 2 atom stereocenters. The van der Waals surface area contributed by atoms with Gasteiger partial charge in [0.15, 0.2) is 0 Å². The molecule has 0 aromatic rings. The van der Waals surface area contributed by atoms with E-state index in [-0.39, 0.29) is 0 Å². The summed E-state index contributed by atoms with van der Waals surface area (Å²) in [6.45, 7) is 1.56. The van der Waals surface area contributed by atoms with Gasteiger partial charge >= 0.3 is 5.97 Å². The van der Waals surface area contributed by atoms with Gasteiger partial charge in [-0.3, -0.25) is 9.36 Å². The molecule has 5 nitrogen and oxygen atoms in total. The molecule has 0 amide bonds. The first-order valence-electron chi connectivity index (χ1n) is 3.42. The SMILES string of the molecule is BP(=O)(NC(C)C(=O)OC)OC. The van der Waals surface area contributed by atoms with Gasteiger partial charge in [-0.2, -0.15) is 0 Å². The second-order valence-electron chi connectivity index (χ2n) is 2.40. The van der Waals surface area contributed by atoms with E-state index in [1.807, 2.05) is 0 Å². The average Bonchev–Trinajstić information content (AvgIpc) is 2.02. The summed E-state index contributed by atoms with van der Waals surface area (Å²) in [5.41, 5.74) is 0. The van der Waals surface area contributed by atoms with Crippen molar-refractivity contribution in [1.29, 1.82) is 0 Å². The Morgan fingerprint density at radius 1 is 1.58 bits per heavy atom. The van der Waals surface area contributed by atoms with E-state index in [0.717, 1.165) is 0 Å². The normalized spacial score (nSPS) is 17.9. The van der Waals surface area contributed by atoms with Crippen molar-refractivity contribution in [3.63, 3.8) is 0 Å². The maximum absolute atomic E-state index is 11.3. The molecule has 0 aromatic carbocycles. The van der Waals surface area contributed by atoms with Crippen LogP contribution in [-0.4, -0.2) is 33.8 Å². The Labute approximate surface area is 72.7 Å². The zero-order chi connectivity index (χ0) is 9.78. The fourth-order valence-electron chi connectivity index (χ4n) is 0.634. The largest absolute Gasteiger partial charge is 0.468 e. The number of rotatable bonds is 4. The molecule has 0 rings (SSSR count). The Bertz CT molecular complexity index is 210. The van der Waals surface area contributed by atoms with E-state index in [4.69, 9.17) is 0 Å². The number of hydrogen-bond donors (Lipinski definition) is 1. The maximum atomic E-state index is 11.3. The van der Waals surface area contributed by atoms with Crippen LogP contribution in [0, 0.1) is 0 Å². The van der Waals surface area contributed by atoms with E-state index < -0.39 is 19.4 Å². The molecule has 0 aliphatic heterocycles. The summed E-state index contributed by atoms with van der Waals surface area (Å²) in [5, 5.41) is 2.52. The zero-order valence-corrected chi connectivity index (χ0v) is 8.55. The lowest BCUT2D eigenvalue weighted by Crippen LogP contribution is -2.32. The molecule has 0 saturated carbocycles. The van der Waals surface area contributed by atoms with Crippen LogP contribution in [0.25, 0.3) is 0 Å². The molecule has 0 aliphatic rings. The standard InChI is InChI=1S/C5H13BNO4P/c1-4(5(8)10-2)7-12(6,9)11-3/h4H,6H2,1-3H3,(H,7,9). The Kier molecular flexibility index (Phi) is 4.53. The molecule has 0 saturated heterocycles. The van der Waals surface area contributed by atoms with E-state index >= 15 is 0 Å². The van der Waals surface area contributed by atoms with Crippen LogP contribution in [0.5, 0.6) is 0 Å². The molecule has 7 heteroatoms. The molecular formula is C5H13BNO4P. The Balaban J connectivity index is 4.09. The van der Waals surface area contributed by atoms with Gasteiger partial charge in [-0.1, -0.05) is 0 Å². The number of ether oxygens (including phenoxy) is 1. The minimum absolute atomic E-state index is 0.464. The zero-order valence-electron chi connectivity index (χ0n) is 7.66. The fourth-order valence-corrected chi connectivity index (χ4v) is 1.55. The highest BCUT2D eigenvalue weighted by Gasteiger charge is 2.21. The van der Waals surface area contributed by atoms with E-state index in [1.54, 1.807) is 6.92 Å². The number of methoxy groups -OCH3 is 1. The monoisotopic (exact) mass is 193 g/mol. The highest BCUT2D eigenvalue weighted by atomic mass is 31.2. The lowest BCUT2D eigenvalue weighted by Gasteiger charge is -2.17. The number of hydrogen-bond acceptors (Lipinski definition) is 4. The second-order valence-corrected chi connectivity index (χ2v) is 4.72. The summed E-state index contributed by atoms with van der Waals surface area (Å²) in [7, 11) is 1.14. The number of esters is 1. The molecular weight excluding hydrogens is 180 g/mol. The van der Waals surface area contributed by atoms with Gasteiger partial charge in [0.1, 0.15) is 6.04 Å². The van der Waals surface area contributed by atoms with Crippen molar-refractivity contribution < 1.29 is 18.6 Å². The Morgan fingerprint density at radius 3 is 2.42 bits per heavy atom. The van der Waals surface area contributed by atoms with Crippen LogP contribution in [0.1, 0.15) is 6.92 Å². The van der Waals surface area contributed by atoms with Crippen molar-refractivity contribution >= 4 is 20.9 Å². The van der Waals surface area contributed by atoms with Crippen LogP contribution in [0.4, 0.5) is 0 Å². The van der Waals surface area contributed by atoms with Crippen LogP contribution in [-0.2, 0) is 18.6 Å². The first-order chi connectivity index (χ1) is 5.43. The topological polar surface area (TPSA) is 64.6 Å². The molecule has 12 heavy (non-hydrogen) atoms. The van der Waals surface area contributed by atoms with Crippen molar-refractivity contribution in [2.24, 2.45) is 0 Å². The van der Waals surface area contributed by atoms with Crippen LogP contribution >= 0.6 is 7.40 Å². The van der Waals surface area contributed by atoms with Crippen LogP contribution in [0.3, 0.4) is 0 Å². The third-order valence-electron chi connectivity index (χ3n) is 1.33. The number of carbonyl (C=O) groups is 1. The summed E-state index contributed by atoms with van der Waals surface area (Å²) in [6.07, 6.45) is 0. The van der Waals surface area contributed by atoms with Crippen LogP contribution < -0.4 is 5.09 Å². The van der Waals surface area contributed by atoms with Gasteiger partial charge in [-0.25, -0.2) is 5.09 Å². The molecule has 0 bridgehead atoms. The Hall–Kier alpha value is -0.315. The average molecular weight is 193 g/mol. The molecule has 0 radical (unpaired) electrons. The van der Waals surface area contributed by atoms with E-state index in [2.05, 4.69) is 14.3 Å². The van der Waals surface area contributed by atoms with Crippen LogP contribution in [0.15, 0.2) is 0 Å². The molecule has 1 N–H and O–H groups in total. The molecule has 70 valence electrons. The van der Waals surface area contributed by atoms with Gasteiger partial charge in [-0.15, -0.1) is 0 Å². The van der Waals surface area contributed by atoms with Gasteiger partial charge < -0.3 is 9.26 Å². The maximum Gasteiger partial charge on any atom is 0.322 e. The fraction of sp³-hybridized carbons (Fsp3) is 0.800. The van der Waals surface area contributed by atoms with Gasteiger partial charge in [0, 0.05) is 7.11 Å². The summed E-state index contributed by atoms with van der Waals surface area (Å²) < 4.78 is 20.3. The quantitative estimate of drug-likeness (QED) is 0.371. The summed E-state index contributed by atoms with van der Waals surface area (Å²) in [6, 6.07) is -0.620. The first kappa shape index (κ1) is 11.7. The van der Waals surface area contributed by atoms with E-state index in [9.17, 15) is 9.36 Å². The predicted molar refractivity (Wildman–Crippen MR) is 47.8 cm³/mol. The molecule has 0 spiro atoms. The number of carbonyl (C=O) groups excluding carboxylic acids is 1. The van der Waals surface area contributed by atoms with Crippen molar-refractivity contribution in [2.45, 2.75) is 13.0 Å². The van der Waals surface area contributed by atoms with E-state index in [1.165, 1.54) is 21.8 Å². The summed E-state index contributed by atoms with van der Waals surface area (Å²) in [4.78, 5) is 10.8. The molecule has 0 aromatic heterocycles. The lowest BCUT2D eigenvalue weighted by atomic mass is 10.4. The third-order valence-corrected chi connectivity index (χ3v) is 2.88. The highest BCUT2D eigenvalue weighted by Crippen LogP contribution is 2.35. The van der Waals surface area contributed by atoms with Crippen molar-refractivity contribution in [2.75, 3.05) is 14.2 Å². The van der Waals surface area contributed by atoms with Gasteiger partial charge in [0.05, 0.1) is 7.11 Å². The minimum atomic E-state index is -2.85.